The number of hydrogen-bond donors (Lipinski definition) is 1. The average molecular weight is 581 g/mol. The number of hydrogen-bond acceptors (Lipinski definition) is 6. The van der Waals surface area contributed by atoms with E-state index in [0.717, 1.165) is 18.7 Å². The van der Waals surface area contributed by atoms with Crippen LogP contribution >= 0.6 is 23.2 Å². The van der Waals surface area contributed by atoms with E-state index in [1.54, 1.807) is 36.4 Å². The first-order valence-corrected chi connectivity index (χ1v) is 13.9. The summed E-state index contributed by atoms with van der Waals surface area (Å²) in [7, 11) is 0. The third kappa shape index (κ3) is 6.03. The van der Waals surface area contributed by atoms with E-state index in [4.69, 9.17) is 32.7 Å². The van der Waals surface area contributed by atoms with Gasteiger partial charge in [0.05, 0.1) is 34.9 Å². The maximum absolute atomic E-state index is 13.4. The highest BCUT2D eigenvalue weighted by Gasteiger charge is 2.46. The summed E-state index contributed by atoms with van der Waals surface area (Å²) in [6.45, 7) is 5.85. The molecule has 0 bridgehead atoms. The maximum atomic E-state index is 13.4. The molecule has 1 N–H and O–H groups in total. The number of Topliss-reactive ketones (excluding diaryl/α,β-unsaturated/α-hetero) is 1. The predicted molar refractivity (Wildman–Crippen MR) is 155 cm³/mol. The van der Waals surface area contributed by atoms with Crippen LogP contribution in [0, 0.1) is 6.92 Å². The van der Waals surface area contributed by atoms with Crippen LogP contribution in [0.15, 0.2) is 72.3 Å². The zero-order chi connectivity index (χ0) is 28.2. The highest BCUT2D eigenvalue weighted by molar-refractivity contribution is 6.47. The Balaban J connectivity index is 1.47. The lowest BCUT2D eigenvalue weighted by Crippen LogP contribution is -2.42. The van der Waals surface area contributed by atoms with E-state index in [2.05, 4.69) is 4.90 Å². The summed E-state index contributed by atoms with van der Waals surface area (Å²) >= 11 is 12.5. The summed E-state index contributed by atoms with van der Waals surface area (Å²) < 4.78 is 11.4. The van der Waals surface area contributed by atoms with Crippen LogP contribution in [0.5, 0.6) is 5.75 Å². The Morgan fingerprint density at radius 3 is 2.42 bits per heavy atom. The summed E-state index contributed by atoms with van der Waals surface area (Å²) in [6.07, 6.45) is 0. The number of carbonyl (C=O) groups excluding carboxylic acids is 2. The van der Waals surface area contributed by atoms with Gasteiger partial charge in [-0.2, -0.15) is 0 Å². The largest absolute Gasteiger partial charge is 0.507 e. The van der Waals surface area contributed by atoms with E-state index in [9.17, 15) is 14.7 Å². The molecule has 0 unspecified atom stereocenters. The second-order valence-corrected chi connectivity index (χ2v) is 10.7. The number of ether oxygens (including phenoxy) is 2. The molecule has 0 saturated carbocycles. The van der Waals surface area contributed by atoms with Crippen molar-refractivity contribution in [3.8, 4) is 5.75 Å². The van der Waals surface area contributed by atoms with Gasteiger partial charge in [0.25, 0.3) is 11.7 Å². The minimum atomic E-state index is -0.816. The summed E-state index contributed by atoms with van der Waals surface area (Å²) in [5.41, 5.74) is 2.80. The standard InChI is InChI=1S/C31H30Cl2N2O5/c1-20-17-23(40-19-21-5-3-2-4-6-21)8-9-24(20)29(36)27-28(22-7-10-25(32)26(33)18-22)35(31(38)30(27)37)12-11-34-13-15-39-16-14-34/h2-10,17-18,28,36H,11-16,19H2,1H3/t28-/m1/s1. The first-order chi connectivity index (χ1) is 19.3. The van der Waals surface area contributed by atoms with Crippen LogP contribution in [0.1, 0.15) is 28.3 Å². The number of likely N-dealkylation sites (tertiary alicyclic amines) is 1. The fraction of sp³-hybridized carbons (Fsp3) is 0.290. The lowest BCUT2D eigenvalue weighted by atomic mass is 9.94. The normalized spacial score (nSPS) is 19.3. The number of halogens is 2. The van der Waals surface area contributed by atoms with Gasteiger partial charge < -0.3 is 19.5 Å². The van der Waals surface area contributed by atoms with E-state index >= 15 is 0 Å². The maximum Gasteiger partial charge on any atom is 0.295 e. The fourth-order valence-corrected chi connectivity index (χ4v) is 5.40. The Labute approximate surface area is 243 Å². The highest BCUT2D eigenvalue weighted by atomic mass is 35.5. The Hall–Kier alpha value is -3.36. The minimum absolute atomic E-state index is 0.0198. The molecule has 5 rings (SSSR count). The van der Waals surface area contributed by atoms with Crippen molar-refractivity contribution in [2.75, 3.05) is 39.4 Å². The molecule has 7 nitrogen and oxygen atoms in total. The van der Waals surface area contributed by atoms with Gasteiger partial charge >= 0.3 is 0 Å². The number of aliphatic hydroxyl groups is 1. The van der Waals surface area contributed by atoms with Crippen LogP contribution < -0.4 is 4.74 Å². The first kappa shape index (κ1) is 28.2. The van der Waals surface area contributed by atoms with Gasteiger partial charge in [-0.25, -0.2) is 0 Å². The summed E-state index contributed by atoms with van der Waals surface area (Å²) in [6, 6.07) is 19.3. The van der Waals surface area contributed by atoms with Gasteiger partial charge in [0.2, 0.25) is 0 Å². The van der Waals surface area contributed by atoms with Gasteiger partial charge in [0.1, 0.15) is 18.1 Å². The van der Waals surface area contributed by atoms with Crippen LogP contribution in [-0.2, 0) is 20.9 Å². The van der Waals surface area contributed by atoms with E-state index < -0.39 is 17.7 Å². The molecule has 0 aromatic heterocycles. The van der Waals surface area contributed by atoms with Crippen molar-refractivity contribution in [3.05, 3.63) is 105 Å². The van der Waals surface area contributed by atoms with Crippen LogP contribution in [0.3, 0.4) is 0 Å². The van der Waals surface area contributed by atoms with Crippen molar-refractivity contribution in [1.29, 1.82) is 0 Å². The number of nitrogens with zero attached hydrogens (tertiary/aromatic N) is 2. The monoisotopic (exact) mass is 580 g/mol. The molecule has 2 fully saturated rings. The van der Waals surface area contributed by atoms with Crippen molar-refractivity contribution in [2.24, 2.45) is 0 Å². The van der Waals surface area contributed by atoms with Crippen molar-refractivity contribution >= 4 is 40.7 Å². The van der Waals surface area contributed by atoms with Gasteiger partial charge in [-0.3, -0.25) is 14.5 Å². The van der Waals surface area contributed by atoms with Crippen molar-refractivity contribution in [3.63, 3.8) is 0 Å². The van der Waals surface area contributed by atoms with Gasteiger partial charge in [0, 0.05) is 31.7 Å². The summed E-state index contributed by atoms with van der Waals surface area (Å²) in [5, 5.41) is 12.2. The highest BCUT2D eigenvalue weighted by Crippen LogP contribution is 2.41. The smallest absolute Gasteiger partial charge is 0.295 e. The van der Waals surface area contributed by atoms with E-state index in [1.807, 2.05) is 37.3 Å². The van der Waals surface area contributed by atoms with Gasteiger partial charge in [0.15, 0.2) is 0 Å². The molecular weight excluding hydrogens is 551 g/mol. The third-order valence-electron chi connectivity index (χ3n) is 7.26. The SMILES string of the molecule is Cc1cc(OCc2ccccc2)ccc1C(O)=C1C(=O)C(=O)N(CCN2CCOCC2)[C@@H]1c1ccc(Cl)c(Cl)c1. The van der Waals surface area contributed by atoms with E-state index in [-0.39, 0.29) is 11.3 Å². The Morgan fingerprint density at radius 1 is 0.975 bits per heavy atom. The number of morpholine rings is 1. The molecule has 2 aliphatic rings. The molecule has 0 radical (unpaired) electrons. The van der Waals surface area contributed by atoms with E-state index in [0.29, 0.717) is 65.4 Å². The number of aryl methyl sites for hydroxylation is 1. The number of amides is 1. The quantitative estimate of drug-likeness (QED) is 0.211. The number of aliphatic hydroxyl groups excluding tert-OH is 1. The zero-order valence-corrected chi connectivity index (χ0v) is 23.6. The molecule has 1 amide bonds. The number of carbonyl (C=O) groups is 2. The third-order valence-corrected chi connectivity index (χ3v) is 8.00. The molecule has 2 heterocycles. The summed E-state index contributed by atoms with van der Waals surface area (Å²) in [4.78, 5) is 30.5. The molecule has 3 aromatic carbocycles. The van der Waals surface area contributed by atoms with Crippen molar-refractivity contribution in [2.45, 2.75) is 19.6 Å². The van der Waals surface area contributed by atoms with Crippen LogP contribution in [-0.4, -0.2) is 66.0 Å². The lowest BCUT2D eigenvalue weighted by Gasteiger charge is -2.31. The topological polar surface area (TPSA) is 79.3 Å². The zero-order valence-electron chi connectivity index (χ0n) is 22.1. The van der Waals surface area contributed by atoms with Crippen molar-refractivity contribution < 1.29 is 24.2 Å². The Bertz CT molecular complexity index is 1440. The lowest BCUT2D eigenvalue weighted by molar-refractivity contribution is -0.140. The first-order valence-electron chi connectivity index (χ1n) is 13.1. The van der Waals surface area contributed by atoms with Gasteiger partial charge in [-0.1, -0.05) is 59.6 Å². The second-order valence-electron chi connectivity index (χ2n) is 9.87. The van der Waals surface area contributed by atoms with E-state index in [1.165, 1.54) is 4.90 Å². The molecule has 208 valence electrons. The molecule has 0 spiro atoms. The van der Waals surface area contributed by atoms with Crippen molar-refractivity contribution in [1.82, 2.24) is 9.80 Å². The van der Waals surface area contributed by atoms with Gasteiger partial charge in [-0.15, -0.1) is 0 Å². The van der Waals surface area contributed by atoms with Gasteiger partial charge in [-0.05, 0) is 53.9 Å². The van der Waals surface area contributed by atoms with Crippen LogP contribution in [0.2, 0.25) is 10.0 Å². The predicted octanol–water partition coefficient (Wildman–Crippen LogP) is 5.63. The molecule has 2 saturated heterocycles. The average Bonchev–Trinajstić information content (AvgIpc) is 3.22. The Kier molecular flexibility index (Phi) is 8.76. The molecule has 0 aliphatic carbocycles. The number of rotatable bonds is 8. The van der Waals surface area contributed by atoms with Crippen LogP contribution in [0.4, 0.5) is 0 Å². The number of benzene rings is 3. The van der Waals surface area contributed by atoms with Crippen LogP contribution in [0.25, 0.3) is 5.76 Å². The molecular formula is C31H30Cl2N2O5. The molecule has 2 aliphatic heterocycles. The number of ketones is 1. The molecule has 1 atom stereocenters. The molecule has 40 heavy (non-hydrogen) atoms. The molecule has 3 aromatic rings. The minimum Gasteiger partial charge on any atom is -0.507 e. The fourth-order valence-electron chi connectivity index (χ4n) is 5.09. The molecule has 9 heteroatoms. The second kappa shape index (κ2) is 12.4. The Morgan fingerprint density at radius 2 is 1.73 bits per heavy atom. The summed E-state index contributed by atoms with van der Waals surface area (Å²) in [5.74, 6) is -1.01.